The summed E-state index contributed by atoms with van der Waals surface area (Å²) in [6, 6.07) is 13.5. The van der Waals surface area contributed by atoms with E-state index >= 15 is 0 Å². The molecule has 1 N–H and O–H groups in total. The monoisotopic (exact) mass is 482 g/mol. The Hall–Kier alpha value is -3.17. The molecule has 1 aromatic carbocycles. The number of nitrogens with one attached hydrogen (secondary N) is 1. The first-order chi connectivity index (χ1) is 16.7. The van der Waals surface area contributed by atoms with Crippen LogP contribution < -0.4 is 15.0 Å². The number of carbonyl (C=O) groups is 1. The SMILES string of the molecule is CCCCC(OC(=O)Nc1nc(-c2cccc(N3CCOCC3)n2)cs1)c1ccc(OC)cc1. The van der Waals surface area contributed by atoms with Crippen molar-refractivity contribution >= 4 is 28.4 Å². The third-order valence-electron chi connectivity index (χ3n) is 5.60. The number of carbonyl (C=O) groups excluding carboxylic acids is 1. The van der Waals surface area contributed by atoms with Crippen molar-refractivity contribution in [2.45, 2.75) is 32.3 Å². The van der Waals surface area contributed by atoms with Crippen LogP contribution in [0.2, 0.25) is 0 Å². The fraction of sp³-hybridized carbons (Fsp3) is 0.400. The largest absolute Gasteiger partial charge is 0.497 e. The Kier molecular flexibility index (Phi) is 8.32. The summed E-state index contributed by atoms with van der Waals surface area (Å²) in [6.45, 7) is 5.16. The quantitative estimate of drug-likeness (QED) is 0.429. The Labute approximate surface area is 203 Å². The third kappa shape index (κ3) is 6.24. The number of rotatable bonds is 9. The van der Waals surface area contributed by atoms with E-state index in [9.17, 15) is 4.79 Å². The van der Waals surface area contributed by atoms with Gasteiger partial charge in [-0.3, -0.25) is 5.32 Å². The molecule has 1 aliphatic heterocycles. The van der Waals surface area contributed by atoms with Crippen molar-refractivity contribution in [3.63, 3.8) is 0 Å². The number of anilines is 2. The average molecular weight is 483 g/mol. The predicted molar refractivity (Wildman–Crippen MR) is 134 cm³/mol. The zero-order valence-corrected chi connectivity index (χ0v) is 20.3. The Morgan fingerprint density at radius 2 is 1.94 bits per heavy atom. The Morgan fingerprint density at radius 3 is 2.68 bits per heavy atom. The summed E-state index contributed by atoms with van der Waals surface area (Å²) in [4.78, 5) is 24.2. The molecule has 0 aliphatic carbocycles. The minimum absolute atomic E-state index is 0.336. The highest BCUT2D eigenvalue weighted by atomic mass is 32.1. The fourth-order valence-electron chi connectivity index (χ4n) is 3.73. The molecule has 1 amide bonds. The number of hydrogen-bond acceptors (Lipinski definition) is 8. The topological polar surface area (TPSA) is 85.8 Å². The first-order valence-corrected chi connectivity index (χ1v) is 12.4. The molecule has 1 unspecified atom stereocenters. The molecule has 2 aromatic heterocycles. The number of morpholine rings is 1. The molecule has 9 heteroatoms. The molecule has 0 bridgehead atoms. The van der Waals surface area contributed by atoms with Gasteiger partial charge < -0.3 is 19.1 Å². The van der Waals surface area contributed by atoms with Gasteiger partial charge in [0, 0.05) is 18.5 Å². The molecule has 8 nitrogen and oxygen atoms in total. The molecule has 4 rings (SSSR count). The van der Waals surface area contributed by atoms with Crippen molar-refractivity contribution in [1.29, 1.82) is 0 Å². The number of methoxy groups -OCH3 is 1. The lowest BCUT2D eigenvalue weighted by molar-refractivity contribution is 0.104. The van der Waals surface area contributed by atoms with Gasteiger partial charge in [-0.05, 0) is 42.7 Å². The van der Waals surface area contributed by atoms with E-state index in [-0.39, 0.29) is 6.10 Å². The Bertz CT molecular complexity index is 1070. The fourth-order valence-corrected chi connectivity index (χ4v) is 4.42. The molecule has 34 heavy (non-hydrogen) atoms. The van der Waals surface area contributed by atoms with Crippen molar-refractivity contribution < 1.29 is 19.0 Å². The van der Waals surface area contributed by atoms with Crippen LogP contribution in [0, 0.1) is 0 Å². The van der Waals surface area contributed by atoms with E-state index in [1.165, 1.54) is 11.3 Å². The lowest BCUT2D eigenvalue weighted by atomic mass is 10.0. The van der Waals surface area contributed by atoms with Crippen molar-refractivity contribution in [2.24, 2.45) is 0 Å². The molecule has 0 saturated carbocycles. The van der Waals surface area contributed by atoms with Gasteiger partial charge >= 0.3 is 6.09 Å². The number of unbranched alkanes of at least 4 members (excludes halogenated alkanes) is 1. The first-order valence-electron chi connectivity index (χ1n) is 11.5. The molecule has 1 aliphatic rings. The van der Waals surface area contributed by atoms with E-state index in [0.717, 1.165) is 55.2 Å². The standard InChI is InChI=1S/C25H30N4O4S/c1-3-4-7-22(18-9-11-19(31-2)12-10-18)33-25(30)28-24-27-21(17-34-24)20-6-5-8-23(26-20)29-13-15-32-16-14-29/h5-6,8-12,17,22H,3-4,7,13-16H2,1-2H3,(H,27,28,30). The smallest absolute Gasteiger partial charge is 0.414 e. The molecule has 3 aromatic rings. The molecular formula is C25H30N4O4S. The van der Waals surface area contributed by atoms with Gasteiger partial charge in [0.15, 0.2) is 5.13 Å². The predicted octanol–water partition coefficient (Wildman–Crippen LogP) is 5.53. The zero-order valence-electron chi connectivity index (χ0n) is 19.5. The van der Waals surface area contributed by atoms with E-state index in [4.69, 9.17) is 19.2 Å². The highest BCUT2D eigenvalue weighted by Gasteiger charge is 2.19. The Morgan fingerprint density at radius 1 is 1.15 bits per heavy atom. The molecular weight excluding hydrogens is 452 g/mol. The van der Waals surface area contributed by atoms with Crippen LogP contribution in [0.4, 0.5) is 15.7 Å². The number of nitrogens with zero attached hydrogens (tertiary/aromatic N) is 3. The maximum absolute atomic E-state index is 12.7. The summed E-state index contributed by atoms with van der Waals surface area (Å²) in [6.07, 6.45) is 1.86. The normalized spacial score (nSPS) is 14.5. The van der Waals surface area contributed by atoms with Crippen LogP contribution in [0.5, 0.6) is 5.75 Å². The number of ether oxygens (including phenoxy) is 3. The van der Waals surface area contributed by atoms with Crippen molar-refractivity contribution in [1.82, 2.24) is 9.97 Å². The molecule has 3 heterocycles. The molecule has 1 saturated heterocycles. The third-order valence-corrected chi connectivity index (χ3v) is 6.36. The summed E-state index contributed by atoms with van der Waals surface area (Å²) in [5.74, 6) is 1.67. The molecule has 1 fully saturated rings. The number of benzene rings is 1. The van der Waals surface area contributed by atoms with E-state index < -0.39 is 6.09 Å². The summed E-state index contributed by atoms with van der Waals surface area (Å²) in [5.41, 5.74) is 2.42. The lowest BCUT2D eigenvalue weighted by Gasteiger charge is -2.27. The second-order valence-corrected chi connectivity index (χ2v) is 8.81. The highest BCUT2D eigenvalue weighted by Crippen LogP contribution is 2.28. The minimum atomic E-state index is -0.521. The van der Waals surface area contributed by atoms with Gasteiger partial charge in [0.05, 0.1) is 26.0 Å². The summed E-state index contributed by atoms with van der Waals surface area (Å²) < 4.78 is 16.4. The van der Waals surface area contributed by atoms with Gasteiger partial charge in [-0.15, -0.1) is 11.3 Å². The number of aromatic nitrogens is 2. The van der Waals surface area contributed by atoms with Gasteiger partial charge in [-0.1, -0.05) is 31.5 Å². The lowest BCUT2D eigenvalue weighted by Crippen LogP contribution is -2.36. The van der Waals surface area contributed by atoms with Gasteiger partial charge in [0.2, 0.25) is 0 Å². The average Bonchev–Trinajstić information content (AvgIpc) is 3.35. The van der Waals surface area contributed by atoms with Gasteiger partial charge in [-0.25, -0.2) is 14.8 Å². The van der Waals surface area contributed by atoms with E-state index in [1.54, 1.807) is 7.11 Å². The number of thiazole rings is 1. The molecule has 180 valence electrons. The van der Waals surface area contributed by atoms with Gasteiger partial charge in [0.25, 0.3) is 0 Å². The number of amides is 1. The van der Waals surface area contributed by atoms with Crippen LogP contribution in [0.15, 0.2) is 47.8 Å². The minimum Gasteiger partial charge on any atom is -0.497 e. The molecule has 0 spiro atoms. The van der Waals surface area contributed by atoms with Gasteiger partial charge in [0.1, 0.15) is 23.4 Å². The summed E-state index contributed by atoms with van der Waals surface area (Å²) in [7, 11) is 1.63. The summed E-state index contributed by atoms with van der Waals surface area (Å²) in [5, 5.41) is 5.14. The second-order valence-electron chi connectivity index (χ2n) is 7.95. The molecule has 1 atom stereocenters. The van der Waals surface area contributed by atoms with Crippen molar-refractivity contribution in [2.75, 3.05) is 43.6 Å². The van der Waals surface area contributed by atoms with Crippen LogP contribution in [0.25, 0.3) is 11.4 Å². The van der Waals surface area contributed by atoms with E-state index in [1.807, 2.05) is 47.8 Å². The van der Waals surface area contributed by atoms with Crippen molar-refractivity contribution in [3.8, 4) is 17.1 Å². The van der Waals surface area contributed by atoms with E-state index in [2.05, 4.69) is 22.1 Å². The number of hydrogen-bond donors (Lipinski definition) is 1. The van der Waals surface area contributed by atoms with Crippen LogP contribution >= 0.6 is 11.3 Å². The van der Waals surface area contributed by atoms with Crippen LogP contribution in [0.1, 0.15) is 37.9 Å². The molecule has 0 radical (unpaired) electrons. The second kappa shape index (κ2) is 11.8. The van der Waals surface area contributed by atoms with Crippen LogP contribution in [-0.2, 0) is 9.47 Å². The van der Waals surface area contributed by atoms with E-state index in [0.29, 0.717) is 24.0 Å². The summed E-state index contributed by atoms with van der Waals surface area (Å²) >= 11 is 1.35. The van der Waals surface area contributed by atoms with Gasteiger partial charge in [-0.2, -0.15) is 0 Å². The number of pyridine rings is 1. The van der Waals surface area contributed by atoms with Crippen LogP contribution in [0.3, 0.4) is 0 Å². The first kappa shape index (κ1) is 24.0. The van der Waals surface area contributed by atoms with Crippen molar-refractivity contribution in [3.05, 3.63) is 53.4 Å². The zero-order chi connectivity index (χ0) is 23.8. The highest BCUT2D eigenvalue weighted by molar-refractivity contribution is 7.14. The Balaban J connectivity index is 1.40. The maximum Gasteiger partial charge on any atom is 0.414 e. The maximum atomic E-state index is 12.7. The van der Waals surface area contributed by atoms with Crippen LogP contribution in [-0.4, -0.2) is 49.5 Å².